The molecule has 190 valence electrons. The number of hydrogen-bond acceptors (Lipinski definition) is 5. The second-order valence-electron chi connectivity index (χ2n) is 8.47. The fourth-order valence-electron chi connectivity index (χ4n) is 4.07. The maximum atomic E-state index is 14.5. The van der Waals surface area contributed by atoms with E-state index in [4.69, 9.17) is 9.84 Å². The molecule has 0 radical (unpaired) electrons. The molecule has 0 unspecified atom stereocenters. The normalized spacial score (nSPS) is 17.5. The molecular formula is C25H23F3N2O5S. The summed E-state index contributed by atoms with van der Waals surface area (Å²) in [7, 11) is 0. The van der Waals surface area contributed by atoms with Crippen molar-refractivity contribution >= 4 is 39.2 Å². The van der Waals surface area contributed by atoms with Crippen LogP contribution in [0, 0.1) is 23.4 Å². The van der Waals surface area contributed by atoms with Gasteiger partial charge in [0.1, 0.15) is 11.6 Å². The van der Waals surface area contributed by atoms with Crippen LogP contribution in [0.5, 0.6) is 5.75 Å². The molecule has 0 saturated heterocycles. The number of nitrogens with one attached hydrogen (secondary N) is 2. The maximum Gasteiger partial charge on any atom is 0.306 e. The number of carboxylic acids is 1. The highest BCUT2D eigenvalue weighted by Gasteiger charge is 2.28. The van der Waals surface area contributed by atoms with Crippen molar-refractivity contribution in [2.24, 2.45) is 5.92 Å². The molecule has 1 saturated carbocycles. The van der Waals surface area contributed by atoms with E-state index in [2.05, 4.69) is 10.6 Å². The Morgan fingerprint density at radius 2 is 1.61 bits per heavy atom. The third-order valence-electron chi connectivity index (χ3n) is 6.01. The molecule has 1 aromatic heterocycles. The highest BCUT2D eigenvalue weighted by molar-refractivity contribution is 7.20. The van der Waals surface area contributed by atoms with E-state index >= 15 is 0 Å². The van der Waals surface area contributed by atoms with Gasteiger partial charge in [-0.05, 0) is 49.9 Å². The van der Waals surface area contributed by atoms with Crippen LogP contribution in [0.4, 0.5) is 13.2 Å². The maximum absolute atomic E-state index is 14.5. The summed E-state index contributed by atoms with van der Waals surface area (Å²) in [6.07, 6.45) is 1.15. The Morgan fingerprint density at radius 3 is 2.28 bits per heavy atom. The lowest BCUT2D eigenvalue weighted by molar-refractivity contribution is -0.143. The van der Waals surface area contributed by atoms with Crippen LogP contribution < -0.4 is 15.4 Å². The van der Waals surface area contributed by atoms with Gasteiger partial charge < -0.3 is 20.5 Å². The lowest BCUT2D eigenvalue weighted by atomic mass is 9.87. The topological polar surface area (TPSA) is 105 Å². The number of amides is 2. The summed E-state index contributed by atoms with van der Waals surface area (Å²) in [6.45, 7) is -0.0262. The largest absolute Gasteiger partial charge is 0.487 e. The third kappa shape index (κ3) is 5.78. The first-order valence-corrected chi connectivity index (χ1v) is 12.2. The van der Waals surface area contributed by atoms with E-state index in [1.165, 1.54) is 12.1 Å². The Hall–Kier alpha value is -3.60. The minimum Gasteiger partial charge on any atom is -0.487 e. The van der Waals surface area contributed by atoms with Gasteiger partial charge in [0.05, 0.1) is 22.5 Å². The molecule has 3 aromatic rings. The highest BCUT2D eigenvalue weighted by Crippen LogP contribution is 2.30. The Bertz CT molecular complexity index is 1300. The molecule has 1 fully saturated rings. The molecule has 0 bridgehead atoms. The fourth-order valence-corrected chi connectivity index (χ4v) is 5.06. The van der Waals surface area contributed by atoms with Gasteiger partial charge in [-0.1, -0.05) is 6.07 Å². The second-order valence-corrected chi connectivity index (χ2v) is 9.55. The predicted molar refractivity (Wildman–Crippen MR) is 127 cm³/mol. The van der Waals surface area contributed by atoms with Crippen molar-refractivity contribution in [3.8, 4) is 5.75 Å². The Labute approximate surface area is 208 Å². The van der Waals surface area contributed by atoms with Gasteiger partial charge in [-0.2, -0.15) is 0 Å². The number of aliphatic carboxylic acids is 1. The number of rotatable bonds is 8. The van der Waals surface area contributed by atoms with E-state index in [9.17, 15) is 27.6 Å². The minimum atomic E-state index is -0.973. The first kappa shape index (κ1) is 25.5. The fraction of sp³-hybridized carbons (Fsp3) is 0.320. The van der Waals surface area contributed by atoms with E-state index in [-0.39, 0.29) is 18.8 Å². The molecule has 0 spiro atoms. The number of ether oxygens (including phenoxy) is 1. The summed E-state index contributed by atoms with van der Waals surface area (Å²) >= 11 is 1.13. The number of carbonyl (C=O) groups is 3. The van der Waals surface area contributed by atoms with Gasteiger partial charge in [0, 0.05) is 29.2 Å². The molecule has 1 aliphatic carbocycles. The van der Waals surface area contributed by atoms with Crippen LogP contribution in [0.1, 0.15) is 45.7 Å². The molecular weight excluding hydrogens is 497 g/mol. The van der Waals surface area contributed by atoms with Crippen molar-refractivity contribution in [2.45, 2.75) is 31.8 Å². The summed E-state index contributed by atoms with van der Waals surface area (Å²) in [5.41, 5.74) is -0.513. The van der Waals surface area contributed by atoms with E-state index in [1.54, 1.807) is 12.1 Å². The lowest BCUT2D eigenvalue weighted by Crippen LogP contribution is -2.34. The molecule has 36 heavy (non-hydrogen) atoms. The smallest absolute Gasteiger partial charge is 0.306 e. The number of benzene rings is 2. The Morgan fingerprint density at radius 1 is 0.917 bits per heavy atom. The predicted octanol–water partition coefficient (Wildman–Crippen LogP) is 4.50. The van der Waals surface area contributed by atoms with Crippen LogP contribution in [-0.2, 0) is 4.79 Å². The second kappa shape index (κ2) is 11.0. The monoisotopic (exact) mass is 520 g/mol. The molecule has 3 N–H and O–H groups in total. The van der Waals surface area contributed by atoms with E-state index in [0.717, 1.165) is 23.5 Å². The molecule has 2 aromatic carbocycles. The zero-order chi connectivity index (χ0) is 25.8. The van der Waals surface area contributed by atoms with Gasteiger partial charge in [0.25, 0.3) is 11.8 Å². The van der Waals surface area contributed by atoms with Gasteiger partial charge in [0.15, 0.2) is 11.6 Å². The van der Waals surface area contributed by atoms with Crippen LogP contribution in [0.25, 0.3) is 10.1 Å². The first-order chi connectivity index (χ1) is 17.2. The quantitative estimate of drug-likeness (QED) is 0.380. The summed E-state index contributed by atoms with van der Waals surface area (Å²) in [5, 5.41) is 14.4. The van der Waals surface area contributed by atoms with Crippen LogP contribution in [0.3, 0.4) is 0 Å². The molecule has 4 rings (SSSR count). The van der Waals surface area contributed by atoms with Crippen molar-refractivity contribution in [1.82, 2.24) is 10.6 Å². The van der Waals surface area contributed by atoms with Crippen molar-refractivity contribution < 1.29 is 37.4 Å². The molecule has 7 nitrogen and oxygen atoms in total. The SMILES string of the molecule is O=C(NCCNC(=O)c1cc(F)c(O[C@H]2CC[C@@H](C(=O)O)CC2)cc1F)c1cc2c(F)cccc2s1. The van der Waals surface area contributed by atoms with Crippen LogP contribution in [-0.4, -0.2) is 42.1 Å². The first-order valence-electron chi connectivity index (χ1n) is 11.4. The Kier molecular flexibility index (Phi) is 7.78. The van der Waals surface area contributed by atoms with Crippen LogP contribution in [0.15, 0.2) is 36.4 Å². The molecule has 1 aliphatic rings. The van der Waals surface area contributed by atoms with Crippen LogP contribution >= 0.6 is 11.3 Å². The lowest BCUT2D eigenvalue weighted by Gasteiger charge is -2.27. The van der Waals surface area contributed by atoms with Gasteiger partial charge in [-0.3, -0.25) is 14.4 Å². The molecule has 0 aliphatic heterocycles. The average Bonchev–Trinajstić information content (AvgIpc) is 3.30. The number of halogens is 3. The standard InChI is InChI=1S/C25H23F3N2O5S/c26-17-2-1-3-21-15(17)11-22(36-21)24(32)30-9-8-29-23(31)16-10-19(28)20(12-18(16)27)35-14-6-4-13(5-7-14)25(33)34/h1-3,10-14H,4-9H2,(H,29,31)(H,30,32)(H,33,34)/t13-,14+. The molecule has 2 amide bonds. The number of carbonyl (C=O) groups excluding carboxylic acids is 2. The zero-order valence-corrected chi connectivity index (χ0v) is 19.8. The van der Waals surface area contributed by atoms with Gasteiger partial charge in [0.2, 0.25) is 0 Å². The molecule has 1 heterocycles. The van der Waals surface area contributed by atoms with E-state index in [1.807, 2.05) is 0 Å². The number of carboxylic acid groups (broad SMARTS) is 1. The zero-order valence-electron chi connectivity index (χ0n) is 19.0. The molecule has 11 heteroatoms. The number of thiophene rings is 1. The summed E-state index contributed by atoms with van der Waals surface area (Å²) in [4.78, 5) is 36.0. The van der Waals surface area contributed by atoms with Gasteiger partial charge in [-0.25, -0.2) is 13.2 Å². The van der Waals surface area contributed by atoms with Crippen molar-refractivity contribution in [1.29, 1.82) is 0 Å². The highest BCUT2D eigenvalue weighted by atomic mass is 32.1. The van der Waals surface area contributed by atoms with Gasteiger partial charge in [-0.15, -0.1) is 11.3 Å². The van der Waals surface area contributed by atoms with Crippen LogP contribution in [0.2, 0.25) is 0 Å². The van der Waals surface area contributed by atoms with Crippen molar-refractivity contribution in [2.75, 3.05) is 13.1 Å². The van der Waals surface area contributed by atoms with E-state index < -0.39 is 52.8 Å². The summed E-state index contributed by atoms with van der Waals surface area (Å²) < 4.78 is 49.0. The number of fused-ring (bicyclic) bond motifs is 1. The minimum absolute atomic E-state index is 0.0195. The van der Waals surface area contributed by atoms with E-state index in [0.29, 0.717) is 40.6 Å². The summed E-state index contributed by atoms with van der Waals surface area (Å²) in [6, 6.07) is 7.55. The molecule has 0 atom stereocenters. The third-order valence-corrected chi connectivity index (χ3v) is 7.11. The average molecular weight is 521 g/mol. The summed E-state index contributed by atoms with van der Waals surface area (Å²) in [5.74, 6) is -5.29. The number of hydrogen-bond donors (Lipinski definition) is 3. The van der Waals surface area contributed by atoms with Crippen molar-refractivity contribution in [3.05, 3.63) is 64.3 Å². The Balaban J connectivity index is 1.27. The van der Waals surface area contributed by atoms with Crippen molar-refractivity contribution in [3.63, 3.8) is 0 Å². The van der Waals surface area contributed by atoms with Gasteiger partial charge >= 0.3 is 5.97 Å².